The van der Waals surface area contributed by atoms with E-state index in [4.69, 9.17) is 4.74 Å². The van der Waals surface area contributed by atoms with Crippen molar-refractivity contribution in [1.82, 2.24) is 14.7 Å². The number of ether oxygens (including phenoxy) is 1. The van der Waals surface area contributed by atoms with Gasteiger partial charge in [-0.25, -0.2) is 0 Å². The second-order valence-corrected chi connectivity index (χ2v) is 7.23. The van der Waals surface area contributed by atoms with Gasteiger partial charge in [0.1, 0.15) is 6.10 Å². The predicted molar refractivity (Wildman–Crippen MR) is 95.9 cm³/mol. The fourth-order valence-corrected chi connectivity index (χ4v) is 3.50. The van der Waals surface area contributed by atoms with E-state index in [0.717, 1.165) is 57.7 Å². The van der Waals surface area contributed by atoms with Crippen molar-refractivity contribution in [1.29, 1.82) is 0 Å². The topological polar surface area (TPSA) is 50.5 Å². The third-order valence-corrected chi connectivity index (χ3v) is 5.15. The van der Waals surface area contributed by atoms with Crippen LogP contribution in [-0.2, 0) is 24.4 Å². The number of nitrogens with zero attached hydrogens (tertiary/aromatic N) is 3. The van der Waals surface area contributed by atoms with Crippen LogP contribution >= 0.6 is 0 Å². The normalized spacial score (nSPS) is 19.4. The second-order valence-electron chi connectivity index (χ2n) is 7.23. The quantitative estimate of drug-likeness (QED) is 0.787. The molecule has 1 fully saturated rings. The smallest absolute Gasteiger partial charge is 0.101 e. The van der Waals surface area contributed by atoms with Crippen LogP contribution in [0.5, 0.6) is 0 Å². The molecule has 2 aromatic rings. The zero-order valence-electron chi connectivity index (χ0n) is 14.7. The molecular formula is C20H27N3O2. The highest BCUT2D eigenvalue weighted by Crippen LogP contribution is 2.40. The van der Waals surface area contributed by atoms with Crippen LogP contribution in [0.15, 0.2) is 36.4 Å². The first kappa shape index (κ1) is 16.8. The van der Waals surface area contributed by atoms with Crippen LogP contribution < -0.4 is 0 Å². The molecule has 1 aliphatic carbocycles. The molecule has 25 heavy (non-hydrogen) atoms. The van der Waals surface area contributed by atoms with Crippen LogP contribution in [0.2, 0.25) is 0 Å². The predicted octanol–water partition coefficient (Wildman–Crippen LogP) is 2.75. The van der Waals surface area contributed by atoms with Gasteiger partial charge in [-0.2, -0.15) is 5.10 Å². The van der Waals surface area contributed by atoms with Crippen molar-refractivity contribution in [3.8, 4) is 0 Å². The highest BCUT2D eigenvalue weighted by atomic mass is 16.5. The lowest BCUT2D eigenvalue weighted by molar-refractivity contribution is 0.0907. The van der Waals surface area contributed by atoms with Gasteiger partial charge in [0, 0.05) is 26.2 Å². The van der Waals surface area contributed by atoms with Gasteiger partial charge in [0.2, 0.25) is 0 Å². The average molecular weight is 341 g/mol. The molecule has 1 aromatic carbocycles. The molecule has 5 heteroatoms. The van der Waals surface area contributed by atoms with Crippen LogP contribution in [0.4, 0.5) is 0 Å². The summed E-state index contributed by atoms with van der Waals surface area (Å²) in [6, 6.07) is 12.4. The van der Waals surface area contributed by atoms with Gasteiger partial charge in [-0.15, -0.1) is 0 Å². The van der Waals surface area contributed by atoms with E-state index in [9.17, 15) is 5.11 Å². The Morgan fingerprint density at radius 1 is 1.20 bits per heavy atom. The number of rotatable bonds is 7. The number of fused-ring (bicyclic) bond motifs is 1. The third-order valence-electron chi connectivity index (χ3n) is 5.15. The maximum Gasteiger partial charge on any atom is 0.101 e. The minimum Gasteiger partial charge on any atom is -0.386 e. The number of aryl methyl sites for hydroxylation is 1. The monoisotopic (exact) mass is 341 g/mol. The Bertz CT molecular complexity index is 682. The summed E-state index contributed by atoms with van der Waals surface area (Å²) in [4.78, 5) is 2.43. The fraction of sp³-hybridized carbons (Fsp3) is 0.550. The first-order valence-electron chi connectivity index (χ1n) is 9.38. The van der Waals surface area contributed by atoms with Crippen molar-refractivity contribution >= 4 is 0 Å². The van der Waals surface area contributed by atoms with E-state index < -0.39 is 0 Å². The zero-order chi connectivity index (χ0) is 17.1. The summed E-state index contributed by atoms with van der Waals surface area (Å²) in [7, 11) is 0. The van der Waals surface area contributed by atoms with Gasteiger partial charge >= 0.3 is 0 Å². The minimum absolute atomic E-state index is 0.373. The summed E-state index contributed by atoms with van der Waals surface area (Å²) in [6.45, 7) is 5.23. The van der Waals surface area contributed by atoms with Gasteiger partial charge in [-0.05, 0) is 36.8 Å². The molecule has 1 atom stereocenters. The van der Waals surface area contributed by atoms with Gasteiger partial charge in [-0.1, -0.05) is 30.3 Å². The summed E-state index contributed by atoms with van der Waals surface area (Å²) < 4.78 is 7.92. The minimum atomic E-state index is -0.373. The van der Waals surface area contributed by atoms with Gasteiger partial charge in [-0.3, -0.25) is 9.58 Å². The van der Waals surface area contributed by atoms with Crippen LogP contribution in [0.1, 0.15) is 42.3 Å². The second kappa shape index (κ2) is 7.68. The molecule has 4 rings (SSSR count). The molecule has 5 nitrogen and oxygen atoms in total. The summed E-state index contributed by atoms with van der Waals surface area (Å²) in [5, 5.41) is 15.0. The molecule has 0 unspecified atom stereocenters. The average Bonchev–Trinajstić information content (AvgIpc) is 3.44. The number of hydrogen-bond donors (Lipinski definition) is 1. The Hall–Kier alpha value is -1.69. The van der Waals surface area contributed by atoms with Crippen LogP contribution in [-0.4, -0.2) is 39.5 Å². The maximum atomic E-state index is 10.3. The third kappa shape index (κ3) is 4.29. The van der Waals surface area contributed by atoms with Crippen molar-refractivity contribution in [2.45, 2.75) is 45.1 Å². The Kier molecular flexibility index (Phi) is 5.15. The Morgan fingerprint density at radius 2 is 2.04 bits per heavy atom. The number of aliphatic hydroxyl groups excluding tert-OH is 1. The first-order valence-corrected chi connectivity index (χ1v) is 9.38. The first-order chi connectivity index (χ1) is 12.3. The van der Waals surface area contributed by atoms with Gasteiger partial charge < -0.3 is 9.84 Å². The molecule has 2 heterocycles. The Balaban J connectivity index is 1.28. The summed E-state index contributed by atoms with van der Waals surface area (Å²) in [5.74, 6) is 0.432. The Labute approximate surface area is 149 Å². The van der Waals surface area contributed by atoms with Crippen molar-refractivity contribution in [2.24, 2.45) is 5.92 Å². The van der Waals surface area contributed by atoms with Gasteiger partial charge in [0.25, 0.3) is 0 Å². The number of benzene rings is 1. The van der Waals surface area contributed by atoms with Crippen LogP contribution in [0.3, 0.4) is 0 Å². The lowest BCUT2D eigenvalue weighted by Crippen LogP contribution is -2.27. The van der Waals surface area contributed by atoms with Crippen molar-refractivity contribution in [2.75, 3.05) is 19.7 Å². The number of aliphatic hydroxyl groups is 1. The summed E-state index contributed by atoms with van der Waals surface area (Å²) in [6.07, 6.45) is 2.98. The van der Waals surface area contributed by atoms with E-state index >= 15 is 0 Å². The largest absolute Gasteiger partial charge is 0.386 e. The molecule has 0 radical (unpaired) electrons. The molecule has 1 aliphatic heterocycles. The van der Waals surface area contributed by atoms with Gasteiger partial charge in [0.15, 0.2) is 0 Å². The fourth-order valence-electron chi connectivity index (χ4n) is 3.50. The van der Waals surface area contributed by atoms with Crippen LogP contribution in [0, 0.1) is 5.92 Å². The van der Waals surface area contributed by atoms with E-state index in [1.165, 1.54) is 11.3 Å². The van der Waals surface area contributed by atoms with E-state index in [2.05, 4.69) is 32.9 Å². The molecule has 134 valence electrons. The molecule has 0 saturated heterocycles. The molecular weight excluding hydrogens is 314 g/mol. The SMILES string of the molecule is O[C@@H](c1cc2n(n1)CCCN(CCOCc1ccccc1)C2)C1CC1. The van der Waals surface area contributed by atoms with Crippen molar-refractivity contribution < 1.29 is 9.84 Å². The van der Waals surface area contributed by atoms with E-state index in [1.54, 1.807) is 0 Å². The zero-order valence-corrected chi connectivity index (χ0v) is 14.7. The standard InChI is InChI=1S/C20H27N3O2/c24-20(17-7-8-17)19-13-18-14-22(9-4-10-23(18)21-19)11-12-25-15-16-5-2-1-3-6-16/h1-3,5-6,13,17,20,24H,4,7-12,14-15H2/t20-/m1/s1. The summed E-state index contributed by atoms with van der Waals surface area (Å²) >= 11 is 0. The molecule has 1 N–H and O–H groups in total. The lowest BCUT2D eigenvalue weighted by Gasteiger charge is -2.19. The van der Waals surface area contributed by atoms with Crippen molar-refractivity contribution in [3.05, 3.63) is 53.3 Å². The molecule has 1 saturated carbocycles. The van der Waals surface area contributed by atoms with E-state index in [0.29, 0.717) is 12.5 Å². The molecule has 0 bridgehead atoms. The highest BCUT2D eigenvalue weighted by molar-refractivity contribution is 5.16. The van der Waals surface area contributed by atoms with E-state index in [1.807, 2.05) is 18.2 Å². The van der Waals surface area contributed by atoms with E-state index in [-0.39, 0.29) is 6.10 Å². The van der Waals surface area contributed by atoms with Gasteiger partial charge in [0.05, 0.1) is 24.6 Å². The molecule has 1 aromatic heterocycles. The van der Waals surface area contributed by atoms with Crippen molar-refractivity contribution in [3.63, 3.8) is 0 Å². The number of aromatic nitrogens is 2. The van der Waals surface area contributed by atoms with Crippen LogP contribution in [0.25, 0.3) is 0 Å². The summed E-state index contributed by atoms with van der Waals surface area (Å²) in [5.41, 5.74) is 3.30. The molecule has 0 amide bonds. The lowest BCUT2D eigenvalue weighted by atomic mass is 10.1. The maximum absolute atomic E-state index is 10.3. The highest BCUT2D eigenvalue weighted by Gasteiger charge is 2.33. The Morgan fingerprint density at radius 3 is 2.84 bits per heavy atom. The molecule has 2 aliphatic rings. The number of hydrogen-bond acceptors (Lipinski definition) is 4. The molecule has 0 spiro atoms.